The standard InChI is InChI=1S/C8H6ClNO4/c9-4-1-3(7(11)12)2-5(10)6(4)8(13)14/h1-2H,10H2,(H,11,12)(H,13,14). The van der Waals surface area contributed by atoms with Crippen molar-refractivity contribution in [2.45, 2.75) is 0 Å². The van der Waals surface area contributed by atoms with Crippen LogP contribution >= 0.6 is 11.6 Å². The maximum Gasteiger partial charge on any atom is 0.339 e. The minimum absolute atomic E-state index is 0.141. The molecular formula is C8H6ClNO4. The summed E-state index contributed by atoms with van der Waals surface area (Å²) in [6, 6.07) is 2.10. The zero-order chi connectivity index (χ0) is 10.9. The van der Waals surface area contributed by atoms with Crippen molar-refractivity contribution >= 4 is 29.2 Å². The first-order chi connectivity index (χ1) is 6.43. The fraction of sp³-hybridized carbons (Fsp3) is 0. The monoisotopic (exact) mass is 215 g/mol. The molecule has 0 amide bonds. The first-order valence-electron chi connectivity index (χ1n) is 3.49. The van der Waals surface area contributed by atoms with Crippen LogP contribution in [-0.4, -0.2) is 22.2 Å². The molecule has 0 saturated carbocycles. The molecule has 6 heteroatoms. The number of carbonyl (C=O) groups is 2. The van der Waals surface area contributed by atoms with Gasteiger partial charge in [0.2, 0.25) is 0 Å². The summed E-state index contributed by atoms with van der Waals surface area (Å²) in [6.45, 7) is 0. The third-order valence-corrected chi connectivity index (χ3v) is 1.88. The zero-order valence-electron chi connectivity index (χ0n) is 6.82. The van der Waals surface area contributed by atoms with E-state index in [1.807, 2.05) is 0 Å². The van der Waals surface area contributed by atoms with Crippen molar-refractivity contribution in [1.82, 2.24) is 0 Å². The number of rotatable bonds is 2. The Hall–Kier alpha value is -1.75. The number of hydrogen-bond donors (Lipinski definition) is 3. The molecule has 0 saturated heterocycles. The van der Waals surface area contributed by atoms with Crippen molar-refractivity contribution in [2.75, 3.05) is 5.73 Å². The van der Waals surface area contributed by atoms with Crippen LogP contribution in [0.5, 0.6) is 0 Å². The van der Waals surface area contributed by atoms with E-state index in [1.165, 1.54) is 0 Å². The van der Waals surface area contributed by atoms with Gasteiger partial charge in [-0.3, -0.25) is 0 Å². The average Bonchev–Trinajstić information content (AvgIpc) is 2.01. The normalized spacial score (nSPS) is 9.79. The van der Waals surface area contributed by atoms with Crippen LogP contribution in [0.2, 0.25) is 5.02 Å². The molecule has 74 valence electrons. The van der Waals surface area contributed by atoms with Gasteiger partial charge in [-0.25, -0.2) is 9.59 Å². The molecule has 1 rings (SSSR count). The molecule has 0 bridgehead atoms. The number of halogens is 1. The summed E-state index contributed by atoms with van der Waals surface area (Å²) in [5.41, 5.74) is 4.75. The third kappa shape index (κ3) is 1.77. The summed E-state index contributed by atoms with van der Waals surface area (Å²) < 4.78 is 0. The molecule has 0 fully saturated rings. The number of hydrogen-bond acceptors (Lipinski definition) is 3. The van der Waals surface area contributed by atoms with E-state index in [-0.39, 0.29) is 21.8 Å². The van der Waals surface area contributed by atoms with Crippen molar-refractivity contribution in [1.29, 1.82) is 0 Å². The van der Waals surface area contributed by atoms with Crippen LogP contribution < -0.4 is 5.73 Å². The largest absolute Gasteiger partial charge is 0.478 e. The van der Waals surface area contributed by atoms with Gasteiger partial charge in [0.1, 0.15) is 5.56 Å². The van der Waals surface area contributed by atoms with E-state index >= 15 is 0 Å². The van der Waals surface area contributed by atoms with E-state index in [4.69, 9.17) is 27.5 Å². The van der Waals surface area contributed by atoms with Gasteiger partial charge < -0.3 is 15.9 Å². The Kier molecular flexibility index (Phi) is 2.62. The quantitative estimate of drug-likeness (QED) is 0.646. The molecule has 5 nitrogen and oxygen atoms in total. The summed E-state index contributed by atoms with van der Waals surface area (Å²) in [4.78, 5) is 21.1. The van der Waals surface area contributed by atoms with Gasteiger partial charge in [0.15, 0.2) is 0 Å². The second-order valence-electron chi connectivity index (χ2n) is 2.53. The minimum atomic E-state index is -1.29. The van der Waals surface area contributed by atoms with Crippen LogP contribution in [0.15, 0.2) is 12.1 Å². The van der Waals surface area contributed by atoms with Crippen LogP contribution in [0.3, 0.4) is 0 Å². The molecule has 14 heavy (non-hydrogen) atoms. The van der Waals surface area contributed by atoms with Crippen LogP contribution in [-0.2, 0) is 0 Å². The van der Waals surface area contributed by atoms with Crippen molar-refractivity contribution < 1.29 is 19.8 Å². The molecule has 4 N–H and O–H groups in total. The molecule has 0 aromatic heterocycles. The molecule has 0 spiro atoms. The van der Waals surface area contributed by atoms with Crippen molar-refractivity contribution in [2.24, 2.45) is 0 Å². The number of benzene rings is 1. The predicted molar refractivity (Wildman–Crippen MR) is 49.8 cm³/mol. The minimum Gasteiger partial charge on any atom is -0.478 e. The number of aromatic carboxylic acids is 2. The SMILES string of the molecule is Nc1cc(C(=O)O)cc(Cl)c1C(=O)O. The predicted octanol–water partition coefficient (Wildman–Crippen LogP) is 1.32. The third-order valence-electron chi connectivity index (χ3n) is 1.58. The molecule has 0 heterocycles. The number of nitrogens with two attached hydrogens (primary N) is 1. The van der Waals surface area contributed by atoms with E-state index in [2.05, 4.69) is 0 Å². The van der Waals surface area contributed by atoms with Gasteiger partial charge >= 0.3 is 11.9 Å². The van der Waals surface area contributed by atoms with E-state index in [9.17, 15) is 9.59 Å². The lowest BCUT2D eigenvalue weighted by molar-refractivity contribution is 0.0682. The highest BCUT2D eigenvalue weighted by atomic mass is 35.5. The summed E-state index contributed by atoms with van der Waals surface area (Å²) in [7, 11) is 0. The van der Waals surface area contributed by atoms with E-state index < -0.39 is 11.9 Å². The molecular weight excluding hydrogens is 210 g/mol. The second kappa shape index (κ2) is 3.55. The molecule has 0 aliphatic carbocycles. The number of nitrogen functional groups attached to an aromatic ring is 1. The summed E-state index contributed by atoms with van der Waals surface area (Å²) in [5.74, 6) is -2.50. The molecule has 0 aliphatic rings. The van der Waals surface area contributed by atoms with Gasteiger partial charge in [0.05, 0.1) is 10.6 Å². The van der Waals surface area contributed by atoms with E-state index in [0.717, 1.165) is 12.1 Å². The molecule has 0 unspecified atom stereocenters. The molecule has 1 aromatic carbocycles. The Morgan fingerprint density at radius 1 is 1.21 bits per heavy atom. The smallest absolute Gasteiger partial charge is 0.339 e. The summed E-state index contributed by atoms with van der Waals surface area (Å²) in [6.07, 6.45) is 0. The highest BCUT2D eigenvalue weighted by Crippen LogP contribution is 2.24. The van der Waals surface area contributed by atoms with Gasteiger partial charge in [-0.2, -0.15) is 0 Å². The summed E-state index contributed by atoms with van der Waals surface area (Å²) >= 11 is 5.55. The first kappa shape index (κ1) is 10.3. The van der Waals surface area contributed by atoms with Crippen LogP contribution in [0, 0.1) is 0 Å². The van der Waals surface area contributed by atoms with E-state index in [0.29, 0.717) is 0 Å². The highest BCUT2D eigenvalue weighted by Gasteiger charge is 2.16. The molecule has 0 radical (unpaired) electrons. The zero-order valence-corrected chi connectivity index (χ0v) is 7.58. The van der Waals surface area contributed by atoms with Gasteiger partial charge in [-0.15, -0.1) is 0 Å². The number of carboxylic acids is 2. The van der Waals surface area contributed by atoms with Crippen molar-refractivity contribution in [3.8, 4) is 0 Å². The highest BCUT2D eigenvalue weighted by molar-refractivity contribution is 6.34. The molecule has 0 atom stereocenters. The average molecular weight is 216 g/mol. The Morgan fingerprint density at radius 2 is 1.79 bits per heavy atom. The van der Waals surface area contributed by atoms with Gasteiger partial charge in [-0.05, 0) is 12.1 Å². The van der Waals surface area contributed by atoms with Crippen LogP contribution in [0.25, 0.3) is 0 Å². The lowest BCUT2D eigenvalue weighted by atomic mass is 10.1. The second-order valence-corrected chi connectivity index (χ2v) is 2.94. The lowest BCUT2D eigenvalue weighted by Gasteiger charge is -2.04. The van der Waals surface area contributed by atoms with Crippen LogP contribution in [0.4, 0.5) is 5.69 Å². The summed E-state index contributed by atoms with van der Waals surface area (Å²) in [5, 5.41) is 17.1. The Morgan fingerprint density at radius 3 is 2.14 bits per heavy atom. The number of carboxylic acid groups (broad SMARTS) is 2. The Labute approximate surface area is 83.7 Å². The lowest BCUT2D eigenvalue weighted by Crippen LogP contribution is -2.06. The Balaban J connectivity index is 3.39. The van der Waals surface area contributed by atoms with Gasteiger partial charge in [0.25, 0.3) is 0 Å². The fourth-order valence-corrected chi connectivity index (χ4v) is 1.28. The van der Waals surface area contributed by atoms with Crippen LogP contribution in [0.1, 0.15) is 20.7 Å². The Bertz CT molecular complexity index is 393. The maximum absolute atomic E-state index is 10.6. The van der Waals surface area contributed by atoms with Gasteiger partial charge in [-0.1, -0.05) is 11.6 Å². The molecule has 0 aliphatic heterocycles. The maximum atomic E-state index is 10.6. The fourth-order valence-electron chi connectivity index (χ4n) is 0.977. The van der Waals surface area contributed by atoms with Gasteiger partial charge in [0, 0.05) is 5.69 Å². The first-order valence-corrected chi connectivity index (χ1v) is 3.87. The van der Waals surface area contributed by atoms with E-state index in [1.54, 1.807) is 0 Å². The number of anilines is 1. The molecule has 1 aromatic rings. The van der Waals surface area contributed by atoms with Crippen molar-refractivity contribution in [3.05, 3.63) is 28.3 Å². The van der Waals surface area contributed by atoms with Crippen molar-refractivity contribution in [3.63, 3.8) is 0 Å². The topological polar surface area (TPSA) is 101 Å².